The number of nitrogens with two attached hydrogens (primary N) is 1. The quantitative estimate of drug-likeness (QED) is 0.636. The number of para-hydroxylation sites is 2. The van der Waals surface area contributed by atoms with Crippen molar-refractivity contribution in [3.63, 3.8) is 0 Å². The van der Waals surface area contributed by atoms with Gasteiger partial charge in [0.2, 0.25) is 11.4 Å². The number of rotatable bonds is 2. The van der Waals surface area contributed by atoms with Crippen molar-refractivity contribution in [2.24, 2.45) is 15.7 Å². The molecule has 4 rings (SSSR count). The number of fused-ring (bicyclic) bond motifs is 5. The second-order valence-electron chi connectivity index (χ2n) is 5.71. The minimum Gasteiger partial charge on any atom is -0.390 e. The van der Waals surface area contributed by atoms with E-state index in [2.05, 4.69) is 75.5 Å². The van der Waals surface area contributed by atoms with Crippen molar-refractivity contribution in [1.82, 2.24) is 0 Å². The highest BCUT2D eigenvalue weighted by atomic mass is 15.3. The van der Waals surface area contributed by atoms with Crippen molar-refractivity contribution in [3.05, 3.63) is 59.7 Å². The summed E-state index contributed by atoms with van der Waals surface area (Å²) in [4.78, 5) is 14.4. The average molecular weight is 304 g/mol. The monoisotopic (exact) mass is 304 g/mol. The van der Waals surface area contributed by atoms with Gasteiger partial charge >= 0.3 is 0 Å². The largest absolute Gasteiger partial charge is 0.390 e. The van der Waals surface area contributed by atoms with E-state index < -0.39 is 0 Å². The molecule has 2 aliphatic heterocycles. The lowest BCUT2D eigenvalue weighted by molar-refractivity contribution is -0.349. The predicted octanol–water partition coefficient (Wildman–Crippen LogP) is 0.776. The number of aliphatic imine (C=N–C) groups is 2. The number of likely N-dealkylation sites (N-methyl/N-ethyl adjacent to an activating group) is 1. The third-order valence-electron chi connectivity index (χ3n) is 4.52. The molecule has 5 nitrogen and oxygen atoms in total. The lowest BCUT2D eigenvalue weighted by Gasteiger charge is -2.36. The number of hydrogen-bond donors (Lipinski definition) is 2. The molecule has 2 unspecified atom stereocenters. The Bertz CT molecular complexity index is 837. The summed E-state index contributed by atoms with van der Waals surface area (Å²) in [6, 6.07) is 16.8. The van der Waals surface area contributed by atoms with Crippen LogP contribution in [-0.4, -0.2) is 31.6 Å². The lowest BCUT2D eigenvalue weighted by Crippen LogP contribution is -2.66. The third kappa shape index (κ3) is 2.04. The van der Waals surface area contributed by atoms with Crippen LogP contribution in [0.25, 0.3) is 0 Å². The van der Waals surface area contributed by atoms with Crippen LogP contribution in [-0.2, 0) is 0 Å². The minimum atomic E-state index is -0.0558. The molecule has 2 aromatic rings. The van der Waals surface area contributed by atoms with Crippen LogP contribution in [0.4, 0.5) is 11.4 Å². The van der Waals surface area contributed by atoms with E-state index in [-0.39, 0.29) is 12.1 Å². The summed E-state index contributed by atoms with van der Waals surface area (Å²) in [5.74, 6) is 0.162. The van der Waals surface area contributed by atoms with Crippen LogP contribution in [0.2, 0.25) is 0 Å². The summed E-state index contributed by atoms with van der Waals surface area (Å²) in [7, 11) is 2.07. The van der Waals surface area contributed by atoms with Crippen molar-refractivity contribution in [2.45, 2.75) is 12.1 Å². The molecule has 0 fully saturated rings. The van der Waals surface area contributed by atoms with E-state index in [0.29, 0.717) is 0 Å². The number of anilines is 1. The van der Waals surface area contributed by atoms with E-state index in [1.807, 2.05) is 0 Å². The van der Waals surface area contributed by atoms with Gasteiger partial charge < -0.3 is 10.6 Å². The van der Waals surface area contributed by atoms with Gasteiger partial charge in [-0.2, -0.15) is 0 Å². The summed E-state index contributed by atoms with van der Waals surface area (Å²) in [6.07, 6.45) is 2.74. The first kappa shape index (κ1) is 13.7. The smallest absolute Gasteiger partial charge is 0.207 e. The summed E-state index contributed by atoms with van der Waals surface area (Å²) < 4.78 is 0. The summed E-state index contributed by atoms with van der Waals surface area (Å²) in [6.45, 7) is 0. The van der Waals surface area contributed by atoms with Crippen LogP contribution in [0.1, 0.15) is 17.0 Å². The molecule has 23 heavy (non-hydrogen) atoms. The van der Waals surface area contributed by atoms with Gasteiger partial charge in [0.15, 0.2) is 0 Å². The van der Waals surface area contributed by atoms with Gasteiger partial charge in [-0.05, 0) is 12.1 Å². The zero-order valence-electron chi connectivity index (χ0n) is 12.8. The van der Waals surface area contributed by atoms with Gasteiger partial charge in [0.1, 0.15) is 18.4 Å². The van der Waals surface area contributed by atoms with E-state index in [9.17, 15) is 0 Å². The number of benzene rings is 2. The number of nitrogens with one attached hydrogen (secondary N) is 1. The number of hydrogen-bond acceptors (Lipinski definition) is 2. The predicted molar refractivity (Wildman–Crippen MR) is 93.7 cm³/mol. The normalized spacial score (nSPS) is 22.1. The van der Waals surface area contributed by atoms with Crippen LogP contribution < -0.4 is 15.6 Å². The Kier molecular flexibility index (Phi) is 3.19. The fourth-order valence-corrected chi connectivity index (χ4v) is 3.51. The summed E-state index contributed by atoms with van der Waals surface area (Å²) in [5.41, 5.74) is 11.3. The first-order valence-electron chi connectivity index (χ1n) is 7.61. The molecule has 2 atom stereocenters. The molecule has 0 spiro atoms. The molecule has 2 aromatic carbocycles. The number of nitrogens with zero attached hydrogens (tertiary/aromatic N) is 3. The standard InChI is InChI=1S/C18H17N5/c1-23-15-9-5-3-7-13(15)17-16(18(23)21-11-20-10-19)12-6-2-4-8-14(12)22-17/h2-11,16,18H,1H3,(H2,19,20,21)/p+1. The average Bonchev–Trinajstić information content (AvgIpc) is 2.98. The Hall–Kier alpha value is -2.95. The Labute approximate surface area is 134 Å². The molecule has 5 heteroatoms. The Morgan fingerprint density at radius 3 is 2.78 bits per heavy atom. The van der Waals surface area contributed by atoms with E-state index >= 15 is 0 Å². The van der Waals surface area contributed by atoms with Gasteiger partial charge in [-0.3, -0.25) is 0 Å². The highest BCUT2D eigenvalue weighted by molar-refractivity contribution is 6.10. The highest BCUT2D eigenvalue weighted by Crippen LogP contribution is 2.40. The molecular weight excluding hydrogens is 286 g/mol. The zero-order chi connectivity index (χ0) is 15.8. The maximum atomic E-state index is 5.32. The topological polar surface area (TPSA) is 68.0 Å². The van der Waals surface area contributed by atoms with Crippen molar-refractivity contribution < 1.29 is 4.99 Å². The van der Waals surface area contributed by atoms with Crippen LogP contribution in [0.3, 0.4) is 0 Å². The molecule has 0 radical (unpaired) electrons. The van der Waals surface area contributed by atoms with Gasteiger partial charge in [-0.1, -0.05) is 30.3 Å². The molecule has 0 saturated heterocycles. The van der Waals surface area contributed by atoms with Crippen molar-refractivity contribution in [2.75, 3.05) is 11.9 Å². The van der Waals surface area contributed by atoms with E-state index in [1.54, 1.807) is 0 Å². The van der Waals surface area contributed by atoms with Gasteiger partial charge in [-0.15, -0.1) is 0 Å². The van der Waals surface area contributed by atoms with Crippen molar-refractivity contribution in [3.8, 4) is 0 Å². The molecule has 0 aromatic heterocycles. The van der Waals surface area contributed by atoms with Crippen LogP contribution >= 0.6 is 0 Å². The zero-order valence-corrected chi connectivity index (χ0v) is 12.8. The molecule has 0 amide bonds. The summed E-state index contributed by atoms with van der Waals surface area (Å²) in [5, 5.41) is 0. The molecule has 3 N–H and O–H groups in total. The highest BCUT2D eigenvalue weighted by Gasteiger charge is 2.46. The molecule has 0 bridgehead atoms. The van der Waals surface area contributed by atoms with Gasteiger partial charge in [0.25, 0.3) is 0 Å². The molecule has 114 valence electrons. The van der Waals surface area contributed by atoms with E-state index in [4.69, 9.17) is 5.73 Å². The maximum absolute atomic E-state index is 5.32. The van der Waals surface area contributed by atoms with Crippen LogP contribution in [0, 0.1) is 0 Å². The fraction of sp³-hybridized carbons (Fsp3) is 0.167. The van der Waals surface area contributed by atoms with Gasteiger partial charge in [0, 0.05) is 18.7 Å². The minimum absolute atomic E-state index is 0.0558. The lowest BCUT2D eigenvalue weighted by atomic mass is 9.84. The second kappa shape index (κ2) is 5.35. The fourth-order valence-electron chi connectivity index (χ4n) is 3.51. The third-order valence-corrected chi connectivity index (χ3v) is 4.52. The van der Waals surface area contributed by atoms with Crippen molar-refractivity contribution in [1.29, 1.82) is 0 Å². The van der Waals surface area contributed by atoms with Crippen LogP contribution in [0.15, 0.2) is 58.5 Å². The molecule has 2 heterocycles. The molecule has 2 aliphatic rings. The molecule has 0 saturated carbocycles. The Balaban J connectivity index is 1.90. The van der Waals surface area contributed by atoms with Crippen LogP contribution in [0.5, 0.6) is 0 Å². The maximum Gasteiger partial charge on any atom is 0.207 e. The van der Waals surface area contributed by atoms with Gasteiger partial charge in [-0.25, -0.2) is 15.0 Å². The van der Waals surface area contributed by atoms with Crippen molar-refractivity contribution >= 4 is 29.8 Å². The first-order valence-corrected chi connectivity index (χ1v) is 7.61. The molecule has 0 aliphatic carbocycles. The first-order chi connectivity index (χ1) is 11.3. The Morgan fingerprint density at radius 1 is 1.13 bits per heavy atom. The SMILES string of the molecule is CN1c2ccccc2C2=[NH+]c3ccccc3C2C1/N=C/N=CN. The summed E-state index contributed by atoms with van der Waals surface area (Å²) >= 11 is 0. The van der Waals surface area contributed by atoms with E-state index in [1.165, 1.54) is 29.5 Å². The Morgan fingerprint density at radius 2 is 1.91 bits per heavy atom. The van der Waals surface area contributed by atoms with E-state index in [0.717, 1.165) is 11.4 Å². The molecular formula is C18H18N5+. The van der Waals surface area contributed by atoms with Gasteiger partial charge in [0.05, 0.1) is 17.6 Å². The second-order valence-corrected chi connectivity index (χ2v) is 5.71.